The Hall–Kier alpha value is -7.06. The minimum atomic E-state index is -1.01. The smallest absolute Gasteiger partial charge is 0.252 e. The molecule has 2 fully saturated rings. The maximum atomic E-state index is 14.9. The third-order valence-corrected chi connectivity index (χ3v) is 17.5. The van der Waals surface area contributed by atoms with Gasteiger partial charge < -0.3 is 45.9 Å². The number of carbonyl (C=O) groups is 3. The van der Waals surface area contributed by atoms with E-state index in [9.17, 15) is 14.4 Å². The van der Waals surface area contributed by atoms with Crippen LogP contribution in [0.1, 0.15) is 142 Å². The minimum Gasteiger partial charge on any atom is -0.421 e. The number of benzene rings is 2. The van der Waals surface area contributed by atoms with Gasteiger partial charge in [-0.3, -0.25) is 14.4 Å². The van der Waals surface area contributed by atoms with E-state index in [2.05, 4.69) is 122 Å². The van der Waals surface area contributed by atoms with Gasteiger partial charge in [0, 0.05) is 79.2 Å². The highest BCUT2D eigenvalue weighted by atomic mass is 16.5. The molecule has 0 radical (unpaired) electrons. The third-order valence-electron chi connectivity index (χ3n) is 17.5. The lowest BCUT2D eigenvalue weighted by atomic mass is 9.77. The van der Waals surface area contributed by atoms with Crippen molar-refractivity contribution in [2.75, 3.05) is 40.0 Å². The zero-order chi connectivity index (χ0) is 57.3. The second-order valence-electron chi connectivity index (χ2n) is 23.1. The molecule has 5 N–H and O–H groups in total. The van der Waals surface area contributed by atoms with E-state index >= 15 is 0 Å². The second kappa shape index (κ2) is 26.5. The summed E-state index contributed by atoms with van der Waals surface area (Å²) in [5, 5.41) is 17.8. The van der Waals surface area contributed by atoms with Crippen molar-refractivity contribution < 1.29 is 19.1 Å². The molecular weight excluding hydrogens is 994 g/mol. The van der Waals surface area contributed by atoms with Gasteiger partial charge in [-0.2, -0.15) is 0 Å². The SMILES string of the molecule is BN(CC(=C)NCC(=C)N[C@@H](Cc1ccccc1)C(=O)NCC(=C)NCOC1(C(=O)N[C@H]2CCc3c(C)c(C)cc4nc5c(c2c34)CN(C)/C5=C\C2=C(C=C)CCC(=C)[C@@H]2CC)CCCC1)C(=C)CCCCCN1C(=C)CCC1=O. The van der Waals surface area contributed by atoms with E-state index in [-0.39, 0.29) is 43.0 Å². The van der Waals surface area contributed by atoms with Crippen molar-refractivity contribution in [3.05, 3.63) is 179 Å². The summed E-state index contributed by atoms with van der Waals surface area (Å²) in [5.74, 6) is 0.161. The molecule has 3 aromatic rings. The number of pyridine rings is 1. The van der Waals surface area contributed by atoms with Gasteiger partial charge in [0.15, 0.2) is 0 Å². The van der Waals surface area contributed by atoms with Crippen molar-refractivity contribution in [1.29, 1.82) is 0 Å². The number of aromatic nitrogens is 1. The van der Waals surface area contributed by atoms with Crippen molar-refractivity contribution in [2.45, 2.75) is 148 Å². The number of ether oxygens (including phenoxy) is 1. The first-order valence-electron chi connectivity index (χ1n) is 29.2. The second-order valence-corrected chi connectivity index (χ2v) is 23.1. The average Bonchev–Trinajstić information content (AvgIpc) is 4.33. The van der Waals surface area contributed by atoms with Gasteiger partial charge in [-0.1, -0.05) is 101 Å². The first-order chi connectivity index (χ1) is 38.4. The molecule has 3 amide bonds. The van der Waals surface area contributed by atoms with Gasteiger partial charge in [-0.25, -0.2) is 4.98 Å². The number of hydrogen-bond donors (Lipinski definition) is 5. The van der Waals surface area contributed by atoms with E-state index in [0.29, 0.717) is 56.7 Å². The first-order valence-corrected chi connectivity index (χ1v) is 29.2. The Balaban J connectivity index is 0.857. The molecule has 1 saturated carbocycles. The number of amides is 3. The van der Waals surface area contributed by atoms with Crippen molar-refractivity contribution in [2.24, 2.45) is 5.92 Å². The number of nitrogens with one attached hydrogen (secondary N) is 5. The lowest BCUT2D eigenvalue weighted by molar-refractivity contribution is -0.148. The minimum absolute atomic E-state index is 0.0646. The lowest BCUT2D eigenvalue weighted by Gasteiger charge is -2.34. The molecule has 80 heavy (non-hydrogen) atoms. The molecule has 3 atom stereocenters. The number of fused-ring (bicyclic) bond motifs is 2. The van der Waals surface area contributed by atoms with Crippen LogP contribution in [0.15, 0.2) is 140 Å². The van der Waals surface area contributed by atoms with E-state index in [1.807, 2.05) is 49.3 Å². The zero-order valence-electron chi connectivity index (χ0n) is 48.8. The summed E-state index contributed by atoms with van der Waals surface area (Å²) >= 11 is 0. The number of nitrogens with zero attached hydrogens (tertiary/aromatic N) is 4. The number of rotatable bonds is 28. The predicted octanol–water partition coefficient (Wildman–Crippen LogP) is 9.98. The molecule has 3 aliphatic carbocycles. The summed E-state index contributed by atoms with van der Waals surface area (Å²) in [6.45, 7) is 39.0. The van der Waals surface area contributed by atoms with Crippen molar-refractivity contribution in [3.8, 4) is 0 Å². The van der Waals surface area contributed by atoms with Crippen molar-refractivity contribution >= 4 is 42.3 Å². The Bertz CT molecular complexity index is 2990. The molecule has 14 heteroatoms. The van der Waals surface area contributed by atoms with Crippen molar-refractivity contribution in [3.63, 3.8) is 0 Å². The molecule has 1 saturated heterocycles. The fourth-order valence-electron chi connectivity index (χ4n) is 12.6. The van der Waals surface area contributed by atoms with Gasteiger partial charge in [-0.15, -0.1) is 0 Å². The van der Waals surface area contributed by atoms with Gasteiger partial charge in [0.25, 0.3) is 5.91 Å². The van der Waals surface area contributed by atoms with Crippen LogP contribution in [-0.4, -0.2) is 96.9 Å². The highest BCUT2D eigenvalue weighted by molar-refractivity contribution is 6.05. The number of likely N-dealkylation sites (tertiary alicyclic amines) is 1. The summed E-state index contributed by atoms with van der Waals surface area (Å²) < 4.78 is 6.61. The summed E-state index contributed by atoms with van der Waals surface area (Å²) in [6.07, 6.45) is 17.5. The Morgan fingerprint density at radius 2 is 1.69 bits per heavy atom. The number of carbonyl (C=O) groups excluding carboxylic acids is 3. The normalized spacial score (nSPS) is 19.2. The van der Waals surface area contributed by atoms with E-state index in [0.717, 1.165) is 123 Å². The number of unbranched alkanes of at least 4 members (excludes halogenated alkanes) is 2. The maximum absolute atomic E-state index is 14.9. The molecule has 8 rings (SSSR count). The fourth-order valence-corrected chi connectivity index (χ4v) is 12.6. The van der Waals surface area contributed by atoms with Crippen LogP contribution in [0.3, 0.4) is 0 Å². The molecule has 1 aromatic heterocycles. The van der Waals surface area contributed by atoms with E-state index < -0.39 is 11.6 Å². The Labute approximate surface area is 478 Å². The van der Waals surface area contributed by atoms with Crippen LogP contribution in [0, 0.1) is 19.8 Å². The Morgan fingerprint density at radius 1 is 0.938 bits per heavy atom. The molecule has 13 nitrogen and oxygen atoms in total. The summed E-state index contributed by atoms with van der Waals surface area (Å²) in [5.41, 5.74) is 17.1. The quantitative estimate of drug-likeness (QED) is 0.0207. The highest BCUT2D eigenvalue weighted by Gasteiger charge is 2.45. The number of allylic oxidation sites excluding steroid dienone is 7. The summed E-state index contributed by atoms with van der Waals surface area (Å²) in [4.78, 5) is 52.6. The van der Waals surface area contributed by atoms with Crippen LogP contribution in [0.4, 0.5) is 0 Å². The Kier molecular flexibility index (Phi) is 19.6. The topological polar surface area (TPSA) is 143 Å². The van der Waals surface area contributed by atoms with Crippen LogP contribution >= 0.6 is 0 Å². The number of hydrogen-bond acceptors (Lipinski definition) is 10. The van der Waals surface area contributed by atoms with Gasteiger partial charge in [0.1, 0.15) is 18.4 Å². The molecule has 2 aromatic carbocycles. The molecular formula is C66H88BN9O4. The summed E-state index contributed by atoms with van der Waals surface area (Å²) in [7, 11) is 4.16. The molecule has 5 aliphatic rings. The molecule has 3 heterocycles. The molecule has 0 unspecified atom stereocenters. The largest absolute Gasteiger partial charge is 0.421 e. The molecule has 2 aliphatic heterocycles. The zero-order valence-corrected chi connectivity index (χ0v) is 48.8. The van der Waals surface area contributed by atoms with E-state index in [4.69, 9.17) is 9.72 Å². The molecule has 424 valence electrons. The van der Waals surface area contributed by atoms with E-state index in [1.54, 1.807) is 0 Å². The number of aryl methyl sites for hydroxylation is 2. The predicted molar refractivity (Wildman–Crippen MR) is 328 cm³/mol. The van der Waals surface area contributed by atoms with Crippen LogP contribution in [0.2, 0.25) is 0 Å². The molecule has 0 spiro atoms. The van der Waals surface area contributed by atoms with Crippen LogP contribution in [0.25, 0.3) is 16.6 Å². The monoisotopic (exact) mass is 1080 g/mol. The van der Waals surface area contributed by atoms with E-state index in [1.165, 1.54) is 49.9 Å². The third kappa shape index (κ3) is 13.6. The summed E-state index contributed by atoms with van der Waals surface area (Å²) in [6, 6.07) is 11.3. The standard InChI is InChI=1S/C66H88BN9O4/c1-12-51-27-25-42(3)52(13-2)54(51)36-59-63-55(40-74(59)11)62-56(29-28-53-49(10)43(4)34-57(72-63)61(53)62)73-65(79)66(31-19-20-32-66)80-41-70-44(5)37-69-64(78)58(35-50-23-17-14-18-24-50)71-45(6)38-68-46(7)39-76(67)48(9)22-16-15-21-33-75-47(8)26-30-60(75)77/h12,14,17-18,23-24,34,36,52,56,58,68,70-71H,1,3,5-9,13,15-16,19-22,25-33,35,37-41,67H2,2,4,10-11H3,(H,69,78)(H,73,79)/b59-36-/t52-,56-,58-/m0/s1. The van der Waals surface area contributed by atoms with Gasteiger partial charge >= 0.3 is 0 Å². The fraction of sp³-hybridized carbons (Fsp3) is 0.455. The van der Waals surface area contributed by atoms with Crippen LogP contribution in [0.5, 0.6) is 0 Å². The van der Waals surface area contributed by atoms with Gasteiger partial charge in [0.05, 0.1) is 36.0 Å². The lowest BCUT2D eigenvalue weighted by Crippen LogP contribution is -2.50. The van der Waals surface area contributed by atoms with Gasteiger partial charge in [0.2, 0.25) is 19.8 Å². The average molecular weight is 1080 g/mol. The van der Waals surface area contributed by atoms with Crippen LogP contribution in [-0.2, 0) is 38.5 Å². The van der Waals surface area contributed by atoms with Crippen LogP contribution < -0.4 is 26.6 Å². The molecule has 0 bridgehead atoms. The van der Waals surface area contributed by atoms with Crippen molar-refractivity contribution in [1.82, 2.24) is 46.2 Å². The first kappa shape index (κ1) is 59.1. The Morgan fingerprint density at radius 3 is 2.40 bits per heavy atom. The highest BCUT2D eigenvalue weighted by Crippen LogP contribution is 2.47. The van der Waals surface area contributed by atoms with Gasteiger partial charge in [-0.05, 0) is 154 Å². The maximum Gasteiger partial charge on any atom is 0.252 e.